The lowest BCUT2D eigenvalue weighted by atomic mass is 10.0. The van der Waals surface area contributed by atoms with Gasteiger partial charge in [-0.2, -0.15) is 0 Å². The van der Waals surface area contributed by atoms with E-state index in [1.54, 1.807) is 13.0 Å². The predicted octanol–water partition coefficient (Wildman–Crippen LogP) is 5.47. The van der Waals surface area contributed by atoms with Gasteiger partial charge < -0.3 is 4.74 Å². The predicted molar refractivity (Wildman–Crippen MR) is 92.7 cm³/mol. The van der Waals surface area contributed by atoms with Gasteiger partial charge in [0.1, 0.15) is 17.4 Å². The highest BCUT2D eigenvalue weighted by Gasteiger charge is 2.15. The Kier molecular flexibility index (Phi) is 4.61. The first-order chi connectivity index (χ1) is 11.9. The fraction of sp³-hybridized carbons (Fsp3) is 0.0952. The van der Waals surface area contributed by atoms with Crippen molar-refractivity contribution >= 4 is 5.97 Å². The first kappa shape index (κ1) is 16.8. The average molecular weight is 338 g/mol. The number of rotatable bonds is 3. The maximum atomic E-state index is 14.3. The summed E-state index contributed by atoms with van der Waals surface area (Å²) in [7, 11) is 0. The summed E-state index contributed by atoms with van der Waals surface area (Å²) < 4.78 is 32.9. The molecule has 0 aliphatic heterocycles. The molecule has 0 heterocycles. The second kappa shape index (κ2) is 6.85. The number of hydrogen-bond donors (Lipinski definition) is 0. The Hall–Kier alpha value is -3.01. The van der Waals surface area contributed by atoms with Crippen molar-refractivity contribution in [3.63, 3.8) is 0 Å². The molecule has 2 nitrogen and oxygen atoms in total. The number of halogens is 2. The van der Waals surface area contributed by atoms with Crippen LogP contribution in [-0.2, 0) is 0 Å². The monoisotopic (exact) mass is 338 g/mol. The Balaban J connectivity index is 1.83. The molecule has 3 aromatic carbocycles. The second-order valence-electron chi connectivity index (χ2n) is 5.86. The maximum Gasteiger partial charge on any atom is 0.346 e. The van der Waals surface area contributed by atoms with E-state index in [9.17, 15) is 13.6 Å². The summed E-state index contributed by atoms with van der Waals surface area (Å²) in [6.07, 6.45) is 0. The van der Waals surface area contributed by atoms with Gasteiger partial charge in [-0.15, -0.1) is 0 Å². The highest BCUT2D eigenvalue weighted by molar-refractivity contribution is 5.92. The molecule has 0 saturated carbocycles. The summed E-state index contributed by atoms with van der Waals surface area (Å²) >= 11 is 0. The number of esters is 1. The van der Waals surface area contributed by atoms with Crippen molar-refractivity contribution in [3.05, 3.63) is 89.0 Å². The first-order valence-electron chi connectivity index (χ1n) is 7.79. The molecule has 0 aliphatic carbocycles. The lowest BCUT2D eigenvalue weighted by Gasteiger charge is -2.08. The molecule has 0 saturated heterocycles. The van der Waals surface area contributed by atoms with Crippen molar-refractivity contribution in [1.82, 2.24) is 0 Å². The van der Waals surface area contributed by atoms with Gasteiger partial charge in [-0.1, -0.05) is 42.0 Å². The van der Waals surface area contributed by atoms with Gasteiger partial charge in [0.15, 0.2) is 0 Å². The highest BCUT2D eigenvalue weighted by atomic mass is 19.1. The van der Waals surface area contributed by atoms with Crippen LogP contribution >= 0.6 is 0 Å². The molecule has 0 bridgehead atoms. The maximum absolute atomic E-state index is 14.3. The van der Waals surface area contributed by atoms with Gasteiger partial charge in [0.2, 0.25) is 0 Å². The fourth-order valence-corrected chi connectivity index (χ4v) is 2.41. The van der Waals surface area contributed by atoms with Crippen LogP contribution in [0.1, 0.15) is 21.5 Å². The van der Waals surface area contributed by atoms with Crippen LogP contribution in [0.4, 0.5) is 8.78 Å². The number of carbonyl (C=O) groups excluding carboxylic acids is 1. The Bertz CT molecular complexity index is 931. The minimum Gasteiger partial charge on any atom is -0.423 e. The number of hydrogen-bond acceptors (Lipinski definition) is 2. The van der Waals surface area contributed by atoms with Gasteiger partial charge in [-0.25, -0.2) is 13.6 Å². The molecule has 3 rings (SSSR count). The van der Waals surface area contributed by atoms with Crippen molar-refractivity contribution in [3.8, 4) is 16.9 Å². The molecule has 0 radical (unpaired) electrons. The summed E-state index contributed by atoms with van der Waals surface area (Å²) in [6, 6.07) is 16.0. The van der Waals surface area contributed by atoms with E-state index in [4.69, 9.17) is 4.74 Å². The van der Waals surface area contributed by atoms with Crippen LogP contribution in [0.15, 0.2) is 60.7 Å². The van der Waals surface area contributed by atoms with Crippen LogP contribution < -0.4 is 4.74 Å². The van der Waals surface area contributed by atoms with E-state index in [1.165, 1.54) is 24.3 Å². The molecular weight excluding hydrogens is 322 g/mol. The molecule has 0 spiro atoms. The van der Waals surface area contributed by atoms with E-state index < -0.39 is 17.6 Å². The molecule has 0 aromatic heterocycles. The van der Waals surface area contributed by atoms with E-state index in [0.717, 1.165) is 17.2 Å². The van der Waals surface area contributed by atoms with E-state index >= 15 is 0 Å². The smallest absolute Gasteiger partial charge is 0.346 e. The lowest BCUT2D eigenvalue weighted by molar-refractivity contribution is 0.0729. The average Bonchev–Trinajstić information content (AvgIpc) is 2.58. The molecule has 4 heteroatoms. The van der Waals surface area contributed by atoms with Crippen molar-refractivity contribution in [2.24, 2.45) is 0 Å². The quantitative estimate of drug-likeness (QED) is 0.468. The molecule has 126 valence electrons. The largest absolute Gasteiger partial charge is 0.423 e. The van der Waals surface area contributed by atoms with Gasteiger partial charge in [0.05, 0.1) is 5.56 Å². The van der Waals surface area contributed by atoms with Gasteiger partial charge in [-0.3, -0.25) is 0 Å². The van der Waals surface area contributed by atoms with Gasteiger partial charge in [0, 0.05) is 6.07 Å². The highest BCUT2D eigenvalue weighted by Crippen LogP contribution is 2.24. The molecule has 3 aromatic rings. The zero-order chi connectivity index (χ0) is 18.0. The second-order valence-corrected chi connectivity index (χ2v) is 5.86. The van der Waals surface area contributed by atoms with E-state index in [1.807, 2.05) is 31.2 Å². The van der Waals surface area contributed by atoms with Crippen LogP contribution in [-0.4, -0.2) is 5.97 Å². The molecule has 0 amide bonds. The summed E-state index contributed by atoms with van der Waals surface area (Å²) in [5, 5.41) is 0. The number of carbonyl (C=O) groups is 1. The molecule has 0 atom stereocenters. The normalized spacial score (nSPS) is 10.6. The standard InChI is InChI=1S/C21H16F2O2/c1-13-3-6-15(7-4-13)16-8-10-18(20(23)11-16)21(24)25-17-9-5-14(2)19(22)12-17/h3-12H,1-2H3. The summed E-state index contributed by atoms with van der Waals surface area (Å²) in [4.78, 5) is 12.1. The molecule has 25 heavy (non-hydrogen) atoms. The van der Waals surface area contributed by atoms with Gasteiger partial charge >= 0.3 is 5.97 Å². The van der Waals surface area contributed by atoms with Crippen LogP contribution in [0, 0.1) is 25.5 Å². The molecule has 0 N–H and O–H groups in total. The van der Waals surface area contributed by atoms with Crippen LogP contribution in [0.2, 0.25) is 0 Å². The van der Waals surface area contributed by atoms with E-state index in [-0.39, 0.29) is 11.3 Å². The van der Waals surface area contributed by atoms with Gasteiger partial charge in [0.25, 0.3) is 0 Å². The lowest BCUT2D eigenvalue weighted by Crippen LogP contribution is -2.11. The number of benzene rings is 3. The number of ether oxygens (including phenoxy) is 1. The third kappa shape index (κ3) is 3.74. The zero-order valence-electron chi connectivity index (χ0n) is 13.8. The Morgan fingerprint density at radius 1 is 0.800 bits per heavy atom. The van der Waals surface area contributed by atoms with Crippen molar-refractivity contribution in [2.45, 2.75) is 13.8 Å². The fourth-order valence-electron chi connectivity index (χ4n) is 2.41. The van der Waals surface area contributed by atoms with Crippen molar-refractivity contribution < 1.29 is 18.3 Å². The third-order valence-corrected chi connectivity index (χ3v) is 3.93. The molecule has 0 unspecified atom stereocenters. The molecule has 0 aliphatic rings. The minimum absolute atomic E-state index is 0.0371. The third-order valence-electron chi connectivity index (χ3n) is 3.93. The van der Waals surface area contributed by atoms with Gasteiger partial charge in [-0.05, 0) is 48.7 Å². The van der Waals surface area contributed by atoms with Crippen LogP contribution in [0.5, 0.6) is 5.75 Å². The van der Waals surface area contributed by atoms with Crippen molar-refractivity contribution in [1.29, 1.82) is 0 Å². The summed E-state index contributed by atoms with van der Waals surface area (Å²) in [5.74, 6) is -2.00. The van der Waals surface area contributed by atoms with E-state index in [0.29, 0.717) is 11.1 Å². The summed E-state index contributed by atoms with van der Waals surface area (Å²) in [5.41, 5.74) is 2.86. The topological polar surface area (TPSA) is 26.3 Å². The molecule has 0 fully saturated rings. The Labute approximate surface area is 144 Å². The first-order valence-corrected chi connectivity index (χ1v) is 7.79. The Morgan fingerprint density at radius 3 is 2.12 bits per heavy atom. The Morgan fingerprint density at radius 2 is 1.48 bits per heavy atom. The molecular formula is C21H16F2O2. The minimum atomic E-state index is -0.865. The van der Waals surface area contributed by atoms with Crippen LogP contribution in [0.25, 0.3) is 11.1 Å². The number of aryl methyl sites for hydroxylation is 2. The zero-order valence-corrected chi connectivity index (χ0v) is 13.8. The SMILES string of the molecule is Cc1ccc(-c2ccc(C(=O)Oc3ccc(C)c(F)c3)c(F)c2)cc1. The van der Waals surface area contributed by atoms with E-state index in [2.05, 4.69) is 0 Å². The van der Waals surface area contributed by atoms with Crippen molar-refractivity contribution in [2.75, 3.05) is 0 Å². The summed E-state index contributed by atoms with van der Waals surface area (Å²) in [6.45, 7) is 3.57. The van der Waals surface area contributed by atoms with Crippen LogP contribution in [0.3, 0.4) is 0 Å².